The van der Waals surface area contributed by atoms with Crippen molar-refractivity contribution in [3.8, 4) is 11.5 Å². The van der Waals surface area contributed by atoms with Gasteiger partial charge in [0.2, 0.25) is 29.5 Å². The molecule has 0 aliphatic rings. The van der Waals surface area contributed by atoms with Gasteiger partial charge in [-0.3, -0.25) is 24.0 Å². The van der Waals surface area contributed by atoms with Gasteiger partial charge in [0.25, 0.3) is 0 Å². The first-order valence-electron chi connectivity index (χ1n) is 12.3. The summed E-state index contributed by atoms with van der Waals surface area (Å²) in [5.74, 6) is -6.24. The number of hydrogen-bond donors (Lipinski definition) is 9. The van der Waals surface area contributed by atoms with E-state index in [1.807, 2.05) is 0 Å². The molecule has 5 amide bonds. The first-order chi connectivity index (χ1) is 19.2. The fourth-order valence-electron chi connectivity index (χ4n) is 3.69. The molecule has 2 aromatic rings. The van der Waals surface area contributed by atoms with Crippen LogP contribution in [0.25, 0.3) is 0 Å². The topological polar surface area (TPSA) is 277 Å². The van der Waals surface area contributed by atoms with Gasteiger partial charge in [0.1, 0.15) is 29.6 Å². The molecule has 0 heterocycles. The van der Waals surface area contributed by atoms with Gasteiger partial charge in [0.05, 0.1) is 18.9 Å². The molecule has 0 fully saturated rings. The van der Waals surface area contributed by atoms with Crippen LogP contribution >= 0.6 is 0 Å². The van der Waals surface area contributed by atoms with Gasteiger partial charge in [-0.15, -0.1) is 0 Å². The van der Waals surface area contributed by atoms with E-state index in [1.54, 1.807) is 0 Å². The Bertz CT molecular complexity index is 1270. The van der Waals surface area contributed by atoms with Crippen LogP contribution in [-0.2, 0) is 41.6 Å². The maximum atomic E-state index is 13.3. The van der Waals surface area contributed by atoms with Crippen molar-refractivity contribution in [2.45, 2.75) is 49.9 Å². The van der Waals surface area contributed by atoms with Gasteiger partial charge in [-0.2, -0.15) is 0 Å². The van der Waals surface area contributed by atoms with E-state index in [0.717, 1.165) is 0 Å². The predicted molar refractivity (Wildman–Crippen MR) is 143 cm³/mol. The second kappa shape index (κ2) is 14.8. The normalized spacial score (nSPS) is 13.6. The molecule has 15 nitrogen and oxygen atoms in total. The third-order valence-electron chi connectivity index (χ3n) is 5.80. The standard InChI is InChI=1S/C26H32N6O9/c27-17(11-21(28)35)23(37)30-19(12-22(29)36)25(39)31-18(9-13-1-5-15(33)6-2-13)24(38)32-20(26(40)41)10-14-3-7-16(34)8-4-14/h1-8,17-20,33-34H,9-12,27H2,(H2,28,35)(H2,29,36)(H,30,37)(H,31,39)(H,32,38)(H,40,41). The summed E-state index contributed by atoms with van der Waals surface area (Å²) in [7, 11) is 0. The van der Waals surface area contributed by atoms with Crippen LogP contribution in [0.2, 0.25) is 0 Å². The van der Waals surface area contributed by atoms with Gasteiger partial charge < -0.3 is 48.5 Å². The van der Waals surface area contributed by atoms with Crippen molar-refractivity contribution in [1.82, 2.24) is 16.0 Å². The summed E-state index contributed by atoms with van der Waals surface area (Å²) in [6, 6.07) is 5.42. The lowest BCUT2D eigenvalue weighted by Crippen LogP contribution is -2.58. The van der Waals surface area contributed by atoms with E-state index in [9.17, 15) is 44.1 Å². The van der Waals surface area contributed by atoms with Crippen molar-refractivity contribution in [3.05, 3.63) is 59.7 Å². The number of rotatable bonds is 15. The zero-order valence-corrected chi connectivity index (χ0v) is 21.8. The zero-order chi connectivity index (χ0) is 30.7. The van der Waals surface area contributed by atoms with Crippen LogP contribution in [0.15, 0.2) is 48.5 Å². The Morgan fingerprint density at radius 3 is 1.44 bits per heavy atom. The number of carboxylic acid groups (broad SMARTS) is 1. The van der Waals surface area contributed by atoms with Crippen LogP contribution in [-0.4, -0.2) is 75.0 Å². The Hall–Kier alpha value is -5.18. The van der Waals surface area contributed by atoms with Crippen LogP contribution in [0.1, 0.15) is 24.0 Å². The summed E-state index contributed by atoms with van der Waals surface area (Å²) in [4.78, 5) is 73.4. The van der Waals surface area contributed by atoms with E-state index in [1.165, 1.54) is 48.5 Å². The summed E-state index contributed by atoms with van der Waals surface area (Å²) in [5.41, 5.74) is 16.8. The molecule has 0 radical (unpaired) electrons. The molecular formula is C26H32N6O9. The number of primary amides is 2. The number of carbonyl (C=O) groups excluding carboxylic acids is 5. The van der Waals surface area contributed by atoms with Gasteiger partial charge in [-0.1, -0.05) is 24.3 Å². The minimum absolute atomic E-state index is 0.0328. The number of carboxylic acids is 1. The Morgan fingerprint density at radius 1 is 0.610 bits per heavy atom. The minimum atomic E-state index is -1.60. The Balaban J connectivity index is 2.28. The lowest BCUT2D eigenvalue weighted by atomic mass is 10.0. The molecule has 0 saturated heterocycles. The Labute approximate surface area is 234 Å². The van der Waals surface area contributed by atoms with Crippen LogP contribution in [0.5, 0.6) is 11.5 Å². The van der Waals surface area contributed by atoms with Crippen molar-refractivity contribution in [3.63, 3.8) is 0 Å². The van der Waals surface area contributed by atoms with Crippen LogP contribution in [0.3, 0.4) is 0 Å². The van der Waals surface area contributed by atoms with Crippen molar-refractivity contribution in [2.75, 3.05) is 0 Å². The molecule has 220 valence electrons. The summed E-state index contributed by atoms with van der Waals surface area (Å²) in [5, 5.41) is 35.7. The van der Waals surface area contributed by atoms with E-state index in [4.69, 9.17) is 17.2 Å². The van der Waals surface area contributed by atoms with Crippen molar-refractivity contribution >= 4 is 35.5 Å². The number of carbonyl (C=O) groups is 6. The lowest BCUT2D eigenvalue weighted by molar-refractivity contribution is -0.142. The van der Waals surface area contributed by atoms with Gasteiger partial charge in [0, 0.05) is 12.8 Å². The molecule has 2 aromatic carbocycles. The molecule has 15 heteroatoms. The Kier molecular flexibility index (Phi) is 11.6. The molecule has 0 aliphatic heterocycles. The zero-order valence-electron chi connectivity index (χ0n) is 21.8. The third kappa shape index (κ3) is 10.8. The summed E-state index contributed by atoms with van der Waals surface area (Å²) in [6.45, 7) is 0. The molecule has 0 bridgehead atoms. The number of phenols is 2. The van der Waals surface area contributed by atoms with E-state index < -0.39 is 72.5 Å². The van der Waals surface area contributed by atoms with Gasteiger partial charge in [0.15, 0.2) is 0 Å². The third-order valence-corrected chi connectivity index (χ3v) is 5.80. The first kappa shape index (κ1) is 32.0. The molecule has 2 rings (SSSR count). The van der Waals surface area contributed by atoms with E-state index in [-0.39, 0.29) is 24.3 Å². The van der Waals surface area contributed by atoms with Crippen molar-refractivity contribution in [2.24, 2.45) is 17.2 Å². The largest absolute Gasteiger partial charge is 0.508 e. The lowest BCUT2D eigenvalue weighted by Gasteiger charge is -2.25. The predicted octanol–water partition coefficient (Wildman–Crippen LogP) is -2.50. The van der Waals surface area contributed by atoms with Crippen LogP contribution in [0.4, 0.5) is 0 Å². The van der Waals surface area contributed by atoms with Gasteiger partial charge in [-0.25, -0.2) is 4.79 Å². The highest BCUT2D eigenvalue weighted by Gasteiger charge is 2.31. The van der Waals surface area contributed by atoms with Gasteiger partial charge in [-0.05, 0) is 35.4 Å². The van der Waals surface area contributed by atoms with Crippen molar-refractivity contribution in [1.29, 1.82) is 0 Å². The highest BCUT2D eigenvalue weighted by atomic mass is 16.4. The van der Waals surface area contributed by atoms with E-state index >= 15 is 0 Å². The quantitative estimate of drug-likeness (QED) is 0.108. The molecule has 0 aliphatic carbocycles. The molecule has 4 atom stereocenters. The molecule has 0 saturated carbocycles. The fourth-order valence-corrected chi connectivity index (χ4v) is 3.69. The number of amides is 5. The number of aliphatic carboxylic acids is 1. The molecule has 41 heavy (non-hydrogen) atoms. The highest BCUT2D eigenvalue weighted by Crippen LogP contribution is 2.14. The van der Waals surface area contributed by atoms with E-state index in [2.05, 4.69) is 16.0 Å². The minimum Gasteiger partial charge on any atom is -0.508 e. The second-order valence-corrected chi connectivity index (χ2v) is 9.21. The summed E-state index contributed by atoms with van der Waals surface area (Å²) in [6.07, 6.45) is -1.56. The molecule has 0 aromatic heterocycles. The average molecular weight is 573 g/mol. The summed E-state index contributed by atoms with van der Waals surface area (Å²) >= 11 is 0. The number of nitrogens with one attached hydrogen (secondary N) is 3. The first-order valence-corrected chi connectivity index (χ1v) is 12.3. The van der Waals surface area contributed by atoms with Crippen LogP contribution in [0, 0.1) is 0 Å². The maximum Gasteiger partial charge on any atom is 0.326 e. The number of aromatic hydroxyl groups is 2. The number of hydrogen-bond acceptors (Lipinski definition) is 9. The average Bonchev–Trinajstić information content (AvgIpc) is 2.89. The monoisotopic (exact) mass is 572 g/mol. The highest BCUT2D eigenvalue weighted by molar-refractivity contribution is 5.97. The van der Waals surface area contributed by atoms with Gasteiger partial charge >= 0.3 is 5.97 Å². The maximum absolute atomic E-state index is 13.3. The number of benzene rings is 2. The molecule has 12 N–H and O–H groups in total. The smallest absolute Gasteiger partial charge is 0.326 e. The molecule has 0 spiro atoms. The van der Waals surface area contributed by atoms with Crippen molar-refractivity contribution < 1.29 is 44.1 Å². The number of nitrogens with two attached hydrogens (primary N) is 3. The molecular weight excluding hydrogens is 540 g/mol. The second-order valence-electron chi connectivity index (χ2n) is 9.21. The van der Waals surface area contributed by atoms with Crippen LogP contribution < -0.4 is 33.2 Å². The summed E-state index contributed by atoms with van der Waals surface area (Å²) < 4.78 is 0. The molecule has 4 unspecified atom stereocenters. The number of phenolic OH excluding ortho intramolecular Hbond substituents is 2. The fraction of sp³-hybridized carbons (Fsp3) is 0.308. The SMILES string of the molecule is NC(=O)CC(N)C(=O)NC(CC(N)=O)C(=O)NC(Cc1ccc(O)cc1)C(=O)NC(Cc1ccc(O)cc1)C(=O)O. The van der Waals surface area contributed by atoms with E-state index in [0.29, 0.717) is 11.1 Å². The Morgan fingerprint density at radius 2 is 1.00 bits per heavy atom.